The molecule has 1 unspecified atom stereocenters. The fourth-order valence-electron chi connectivity index (χ4n) is 10.9. The lowest BCUT2D eigenvalue weighted by molar-refractivity contribution is -0.997. The lowest BCUT2D eigenvalue weighted by atomic mass is 9.79. The summed E-state index contributed by atoms with van der Waals surface area (Å²) < 4.78 is 15.3. The van der Waals surface area contributed by atoms with Gasteiger partial charge in [0.2, 0.25) is 5.69 Å². The highest BCUT2D eigenvalue weighted by molar-refractivity contribution is 5.99. The van der Waals surface area contributed by atoms with Crippen LogP contribution in [0.25, 0.3) is 83.9 Å². The summed E-state index contributed by atoms with van der Waals surface area (Å²) in [6, 6.07) is 61.1. The van der Waals surface area contributed by atoms with Crippen molar-refractivity contribution in [1.29, 1.82) is 0 Å². The van der Waals surface area contributed by atoms with E-state index < -0.39 is 5.85 Å². The van der Waals surface area contributed by atoms with Crippen LogP contribution in [0.4, 0.5) is 0 Å². The Bertz CT molecular complexity index is 3430. The van der Waals surface area contributed by atoms with Gasteiger partial charge in [-0.3, -0.25) is 0 Å². The van der Waals surface area contributed by atoms with Gasteiger partial charge >= 0.3 is 11.7 Å². The van der Waals surface area contributed by atoms with E-state index in [0.717, 1.165) is 39.6 Å². The SMILES string of the molecule is CC(C)(C)c1ccc(-c2cc[n+]3c(c2)-c2cc(C(C)(C)C)cc4c2C32Oc3ccccc3-c3n(-c5cc(-c6ccccc6)c(C(C)(C)C)cc5-c5ccccc5)c5cccc-4c5[n+]32)cc1. The number of hydrogen-bond acceptors (Lipinski definition) is 1. The summed E-state index contributed by atoms with van der Waals surface area (Å²) in [5, 5.41) is 0. The largest absolute Gasteiger partial charge is 0.499 e. The molecule has 0 saturated heterocycles. The molecule has 12 rings (SSSR count). The molecule has 9 aromatic rings. The fraction of sp³-hybridized carbons (Fsp3) is 0.213. The van der Waals surface area contributed by atoms with Gasteiger partial charge in [0.25, 0.3) is 0 Å². The summed E-state index contributed by atoms with van der Waals surface area (Å²) in [5.41, 5.74) is 21.4. The number of nitrogens with zero attached hydrogens (tertiary/aromatic N) is 3. The Morgan fingerprint density at radius 2 is 1.09 bits per heavy atom. The number of fused-ring (bicyclic) bond motifs is 5. The number of rotatable bonds is 4. The van der Waals surface area contributed by atoms with Gasteiger partial charge < -0.3 is 4.74 Å². The number of hydrogen-bond donors (Lipinski definition) is 0. The van der Waals surface area contributed by atoms with Gasteiger partial charge in [-0.2, -0.15) is 4.57 Å². The quantitative estimate of drug-likeness (QED) is 0.162. The highest BCUT2D eigenvalue weighted by atomic mass is 16.5. The van der Waals surface area contributed by atoms with Gasteiger partial charge in [-0.15, -0.1) is 9.13 Å². The fourth-order valence-corrected chi connectivity index (χ4v) is 10.9. The first kappa shape index (κ1) is 39.5. The minimum absolute atomic E-state index is 0.0759. The van der Waals surface area contributed by atoms with Gasteiger partial charge in [0.1, 0.15) is 22.6 Å². The third-order valence-corrected chi connectivity index (χ3v) is 14.2. The van der Waals surface area contributed by atoms with Crippen molar-refractivity contribution in [2.75, 3.05) is 0 Å². The molecule has 3 aliphatic rings. The van der Waals surface area contributed by atoms with Crippen molar-refractivity contribution in [3.63, 3.8) is 0 Å². The Morgan fingerprint density at radius 3 is 1.77 bits per heavy atom. The van der Waals surface area contributed by atoms with E-state index in [9.17, 15) is 0 Å². The molecule has 1 spiro atoms. The first-order valence-electron chi connectivity index (χ1n) is 23.2. The molecule has 0 amide bonds. The summed E-state index contributed by atoms with van der Waals surface area (Å²) in [7, 11) is 0. The van der Waals surface area contributed by atoms with Gasteiger partial charge in [-0.25, -0.2) is 0 Å². The van der Waals surface area contributed by atoms with Gasteiger partial charge in [0, 0.05) is 28.8 Å². The Morgan fingerprint density at radius 1 is 0.462 bits per heavy atom. The first-order chi connectivity index (χ1) is 31.1. The van der Waals surface area contributed by atoms with Gasteiger partial charge in [0.05, 0.1) is 5.56 Å². The number of pyridine rings is 1. The lowest BCUT2D eigenvalue weighted by Crippen LogP contribution is -2.78. The monoisotopic (exact) mass is 845 g/mol. The van der Waals surface area contributed by atoms with Crippen LogP contribution in [0, 0.1) is 0 Å². The number of ether oxygens (including phenoxy) is 1. The third kappa shape index (κ3) is 5.69. The maximum Gasteiger partial charge on any atom is 0.499 e. The van der Waals surface area contributed by atoms with E-state index >= 15 is 0 Å². The standard InChI is InChI=1S/C61H55N3O/c1-58(2,3)42-29-27-38(28-30-42)41-31-32-62-52(33-41)49-35-43(59(4,5)6)34-48-44-24-18-25-51-56(44)64-57(45-23-16-17-26-54(45)65-61(62,64)55(48)49)63(51)53-37-46(39-19-12-10-13-20-39)50(60(7,8)9)36-47(53)40-21-14-11-15-22-40/h10-37H,1-9H3/q+2. The van der Waals surface area contributed by atoms with E-state index in [4.69, 9.17) is 4.74 Å². The minimum atomic E-state index is -1.05. The molecular formula is C61H55N3O+2. The second-order valence-electron chi connectivity index (χ2n) is 21.5. The molecule has 4 nitrogen and oxygen atoms in total. The molecule has 0 radical (unpaired) electrons. The summed E-state index contributed by atoms with van der Waals surface area (Å²) in [6.07, 6.45) is 2.28. The minimum Gasteiger partial charge on any atom is -0.392 e. The number of para-hydroxylation sites is 2. The summed E-state index contributed by atoms with van der Waals surface area (Å²) in [5.74, 6) is 0.898. The van der Waals surface area contributed by atoms with Crippen molar-refractivity contribution in [2.45, 2.75) is 84.4 Å². The van der Waals surface area contributed by atoms with Gasteiger partial charge in [-0.1, -0.05) is 165 Å². The molecule has 3 aliphatic heterocycles. The molecule has 0 fully saturated rings. The molecule has 65 heavy (non-hydrogen) atoms. The predicted octanol–water partition coefficient (Wildman–Crippen LogP) is 14.3. The van der Waals surface area contributed by atoms with E-state index in [1.165, 1.54) is 72.3 Å². The van der Waals surface area contributed by atoms with Crippen LogP contribution >= 0.6 is 0 Å². The summed E-state index contributed by atoms with van der Waals surface area (Å²) in [4.78, 5) is 0. The Hall–Kier alpha value is -7.04. The molecule has 318 valence electrons. The maximum atomic E-state index is 7.76. The Balaban J connectivity index is 1.23. The molecule has 0 aliphatic carbocycles. The zero-order valence-corrected chi connectivity index (χ0v) is 38.9. The first-order valence-corrected chi connectivity index (χ1v) is 23.2. The Kier molecular flexibility index (Phi) is 8.21. The number of aromatic nitrogens is 3. The van der Waals surface area contributed by atoms with Gasteiger partial charge in [-0.05, 0) is 109 Å². The van der Waals surface area contributed by atoms with Crippen molar-refractivity contribution in [3.8, 4) is 78.6 Å². The highest BCUT2D eigenvalue weighted by Crippen LogP contribution is 2.55. The molecular weight excluding hydrogens is 791 g/mol. The van der Waals surface area contributed by atoms with E-state index in [0.29, 0.717) is 0 Å². The number of benzene rings is 7. The molecule has 4 heteroatoms. The molecule has 2 aromatic heterocycles. The zero-order valence-electron chi connectivity index (χ0n) is 38.9. The molecule has 0 saturated carbocycles. The smallest absolute Gasteiger partial charge is 0.392 e. The van der Waals surface area contributed by atoms with Crippen LogP contribution in [0.2, 0.25) is 0 Å². The van der Waals surface area contributed by atoms with Crippen LogP contribution in [0.1, 0.15) is 84.6 Å². The van der Waals surface area contributed by atoms with Crippen LogP contribution in [-0.2, 0) is 22.1 Å². The van der Waals surface area contributed by atoms with Crippen LogP contribution in [0.3, 0.4) is 0 Å². The van der Waals surface area contributed by atoms with Crippen LogP contribution in [0.5, 0.6) is 5.75 Å². The van der Waals surface area contributed by atoms with Crippen molar-refractivity contribution >= 4 is 11.0 Å². The molecule has 0 bridgehead atoms. The molecule has 0 N–H and O–H groups in total. The van der Waals surface area contributed by atoms with E-state index in [1.54, 1.807) is 0 Å². The zero-order chi connectivity index (χ0) is 44.8. The van der Waals surface area contributed by atoms with Crippen LogP contribution in [0.15, 0.2) is 170 Å². The average Bonchev–Trinajstić information content (AvgIpc) is 3.79. The van der Waals surface area contributed by atoms with E-state index in [-0.39, 0.29) is 16.2 Å². The van der Waals surface area contributed by atoms with Crippen molar-refractivity contribution in [1.82, 2.24) is 4.57 Å². The third-order valence-electron chi connectivity index (χ3n) is 14.2. The topological polar surface area (TPSA) is 21.9 Å². The van der Waals surface area contributed by atoms with E-state index in [1.807, 2.05) is 0 Å². The Labute approximate surface area is 383 Å². The van der Waals surface area contributed by atoms with Crippen LogP contribution < -0.4 is 13.9 Å². The van der Waals surface area contributed by atoms with Crippen molar-refractivity contribution in [3.05, 3.63) is 192 Å². The predicted molar refractivity (Wildman–Crippen MR) is 265 cm³/mol. The average molecular weight is 846 g/mol. The molecule has 1 atom stereocenters. The molecule has 7 aromatic carbocycles. The maximum absolute atomic E-state index is 7.76. The highest BCUT2D eigenvalue weighted by Gasteiger charge is 2.68. The second-order valence-corrected chi connectivity index (χ2v) is 21.5. The number of imidazole rings is 1. The second kappa shape index (κ2) is 13.5. The normalized spacial score (nSPS) is 15.6. The summed E-state index contributed by atoms with van der Waals surface area (Å²) >= 11 is 0. The summed E-state index contributed by atoms with van der Waals surface area (Å²) in [6.45, 7) is 20.8. The van der Waals surface area contributed by atoms with E-state index in [2.05, 4.69) is 246 Å². The van der Waals surface area contributed by atoms with Gasteiger partial charge in [0.15, 0.2) is 17.2 Å². The van der Waals surface area contributed by atoms with Crippen molar-refractivity contribution in [2.24, 2.45) is 0 Å². The van der Waals surface area contributed by atoms with Crippen molar-refractivity contribution < 1.29 is 13.9 Å². The van der Waals surface area contributed by atoms with Crippen LogP contribution in [-0.4, -0.2) is 4.57 Å². The molecule has 5 heterocycles. The lowest BCUT2D eigenvalue weighted by Gasteiger charge is -2.33.